The van der Waals surface area contributed by atoms with Crippen LogP contribution >= 0.6 is 0 Å². The molecule has 1 N–H and O–H groups in total. The summed E-state index contributed by atoms with van der Waals surface area (Å²) in [6.45, 7) is 3.59. The van der Waals surface area contributed by atoms with Crippen LogP contribution in [0.25, 0.3) is 0 Å². The van der Waals surface area contributed by atoms with E-state index in [-0.39, 0.29) is 0 Å². The average Bonchev–Trinajstić information content (AvgIpc) is 2.17. The first kappa shape index (κ1) is 12.4. The van der Waals surface area contributed by atoms with E-state index in [0.29, 0.717) is 12.3 Å². The number of carbonyl (C=O) groups is 1. The predicted molar refractivity (Wildman–Crippen MR) is 64.0 cm³/mol. The van der Waals surface area contributed by atoms with E-state index in [1.807, 2.05) is 0 Å². The molecule has 0 saturated heterocycles. The fourth-order valence-electron chi connectivity index (χ4n) is 1.94. The van der Waals surface area contributed by atoms with Gasteiger partial charge < -0.3 is 5.32 Å². The molecule has 0 aromatic heterocycles. The summed E-state index contributed by atoms with van der Waals surface area (Å²) in [5, 5.41) is 3.18. The molecule has 0 aliphatic heterocycles. The van der Waals surface area contributed by atoms with E-state index in [1.165, 1.54) is 25.7 Å². The van der Waals surface area contributed by atoms with Gasteiger partial charge in [-0.05, 0) is 44.2 Å². The molecule has 0 spiro atoms. The maximum absolute atomic E-state index is 11.8. The summed E-state index contributed by atoms with van der Waals surface area (Å²) in [5.74, 6) is 0.311. The molecular formula is C13H23NO. The molecule has 0 unspecified atom stereocenters. The smallest absolute Gasteiger partial charge is 0.172 e. The third kappa shape index (κ3) is 5.12. The molecule has 2 heteroatoms. The van der Waals surface area contributed by atoms with Crippen LogP contribution in [0.1, 0.15) is 51.9 Å². The Morgan fingerprint density at radius 2 is 2.13 bits per heavy atom. The van der Waals surface area contributed by atoms with Crippen LogP contribution in [0.3, 0.4) is 0 Å². The zero-order valence-electron chi connectivity index (χ0n) is 9.85. The Morgan fingerprint density at radius 1 is 1.33 bits per heavy atom. The maximum atomic E-state index is 11.8. The van der Waals surface area contributed by atoms with Gasteiger partial charge in [0.15, 0.2) is 5.78 Å². The van der Waals surface area contributed by atoms with E-state index in [0.717, 1.165) is 31.4 Å². The summed E-state index contributed by atoms with van der Waals surface area (Å²) in [4.78, 5) is 11.8. The van der Waals surface area contributed by atoms with Crippen molar-refractivity contribution in [2.75, 3.05) is 13.1 Å². The van der Waals surface area contributed by atoms with E-state index in [9.17, 15) is 4.79 Å². The van der Waals surface area contributed by atoms with Crippen LogP contribution in [0.4, 0.5) is 0 Å². The van der Waals surface area contributed by atoms with E-state index in [2.05, 4.69) is 18.3 Å². The molecule has 1 aliphatic carbocycles. The SMILES string of the molecule is CCCNCC(=O)C1=CCCCCCC1. The van der Waals surface area contributed by atoms with Crippen molar-refractivity contribution in [3.05, 3.63) is 11.6 Å². The number of ketones is 1. The van der Waals surface area contributed by atoms with Crippen LogP contribution in [0.2, 0.25) is 0 Å². The molecule has 15 heavy (non-hydrogen) atoms. The van der Waals surface area contributed by atoms with Gasteiger partial charge in [0.05, 0.1) is 6.54 Å². The lowest BCUT2D eigenvalue weighted by molar-refractivity contribution is -0.115. The Labute approximate surface area is 93.1 Å². The first-order valence-electron chi connectivity index (χ1n) is 6.27. The van der Waals surface area contributed by atoms with E-state index in [4.69, 9.17) is 0 Å². The summed E-state index contributed by atoms with van der Waals surface area (Å²) < 4.78 is 0. The van der Waals surface area contributed by atoms with Gasteiger partial charge in [-0.3, -0.25) is 4.79 Å². The standard InChI is InChI=1S/C13H23NO/c1-2-10-14-11-13(15)12-8-6-4-3-5-7-9-12/h8,14H,2-7,9-11H2,1H3. The molecular weight excluding hydrogens is 186 g/mol. The highest BCUT2D eigenvalue weighted by Gasteiger charge is 2.09. The fourth-order valence-corrected chi connectivity index (χ4v) is 1.94. The summed E-state index contributed by atoms with van der Waals surface area (Å²) in [5.41, 5.74) is 1.07. The third-order valence-corrected chi connectivity index (χ3v) is 2.86. The minimum Gasteiger partial charge on any atom is -0.310 e. The van der Waals surface area contributed by atoms with Crippen molar-refractivity contribution in [3.63, 3.8) is 0 Å². The van der Waals surface area contributed by atoms with Crippen molar-refractivity contribution in [1.29, 1.82) is 0 Å². The second-order valence-electron chi connectivity index (χ2n) is 4.28. The van der Waals surface area contributed by atoms with Crippen LogP contribution < -0.4 is 5.32 Å². The van der Waals surface area contributed by atoms with Crippen molar-refractivity contribution < 1.29 is 4.79 Å². The molecule has 0 atom stereocenters. The zero-order chi connectivity index (χ0) is 10.9. The van der Waals surface area contributed by atoms with Crippen molar-refractivity contribution in [2.45, 2.75) is 51.9 Å². The molecule has 0 aromatic carbocycles. The predicted octanol–water partition coefficient (Wildman–Crippen LogP) is 2.84. The largest absolute Gasteiger partial charge is 0.310 e. The van der Waals surface area contributed by atoms with Crippen LogP contribution in [0, 0.1) is 0 Å². The summed E-state index contributed by atoms with van der Waals surface area (Å²) in [7, 11) is 0. The monoisotopic (exact) mass is 209 g/mol. The van der Waals surface area contributed by atoms with Gasteiger partial charge in [-0.1, -0.05) is 25.8 Å². The van der Waals surface area contributed by atoms with Crippen molar-refractivity contribution in [3.8, 4) is 0 Å². The molecule has 0 fully saturated rings. The van der Waals surface area contributed by atoms with Crippen molar-refractivity contribution in [1.82, 2.24) is 5.32 Å². The van der Waals surface area contributed by atoms with Gasteiger partial charge >= 0.3 is 0 Å². The molecule has 2 nitrogen and oxygen atoms in total. The molecule has 1 aliphatic rings. The van der Waals surface area contributed by atoms with Crippen LogP contribution in [0.5, 0.6) is 0 Å². The number of rotatable bonds is 5. The Morgan fingerprint density at radius 3 is 2.93 bits per heavy atom. The van der Waals surface area contributed by atoms with Gasteiger partial charge in [0.1, 0.15) is 0 Å². The average molecular weight is 209 g/mol. The van der Waals surface area contributed by atoms with Gasteiger partial charge in [-0.15, -0.1) is 0 Å². The Kier molecular flexibility index (Phi) is 6.33. The number of carbonyl (C=O) groups excluding carboxylic acids is 1. The van der Waals surface area contributed by atoms with Gasteiger partial charge in [-0.2, -0.15) is 0 Å². The molecule has 1 rings (SSSR count). The van der Waals surface area contributed by atoms with Crippen LogP contribution in [0.15, 0.2) is 11.6 Å². The molecule has 86 valence electrons. The first-order valence-corrected chi connectivity index (χ1v) is 6.27. The number of allylic oxidation sites excluding steroid dienone is 1. The lowest BCUT2D eigenvalue weighted by atomic mass is 9.97. The molecule has 0 aromatic rings. The quantitative estimate of drug-likeness (QED) is 0.705. The van der Waals surface area contributed by atoms with Gasteiger partial charge in [0.25, 0.3) is 0 Å². The van der Waals surface area contributed by atoms with Crippen LogP contribution in [-0.2, 0) is 4.79 Å². The Balaban J connectivity index is 2.34. The van der Waals surface area contributed by atoms with E-state index < -0.39 is 0 Å². The molecule has 0 bridgehead atoms. The summed E-state index contributed by atoms with van der Waals surface area (Å²) in [6.07, 6.45) is 10.4. The Hall–Kier alpha value is -0.630. The van der Waals surface area contributed by atoms with Gasteiger partial charge in [0, 0.05) is 0 Å². The molecule has 0 heterocycles. The molecule has 0 saturated carbocycles. The normalized spacial score (nSPS) is 17.8. The lowest BCUT2D eigenvalue weighted by Gasteiger charge is -2.10. The number of Topliss-reactive ketones (excluding diaryl/α,β-unsaturated/α-hetero) is 1. The molecule has 0 radical (unpaired) electrons. The highest BCUT2D eigenvalue weighted by Crippen LogP contribution is 2.17. The van der Waals surface area contributed by atoms with Crippen LogP contribution in [-0.4, -0.2) is 18.9 Å². The lowest BCUT2D eigenvalue weighted by Crippen LogP contribution is -2.25. The molecule has 0 amide bonds. The van der Waals surface area contributed by atoms with Crippen molar-refractivity contribution >= 4 is 5.78 Å². The topological polar surface area (TPSA) is 29.1 Å². The number of hydrogen-bond donors (Lipinski definition) is 1. The second kappa shape index (κ2) is 7.63. The highest BCUT2D eigenvalue weighted by atomic mass is 16.1. The minimum atomic E-state index is 0.311. The highest BCUT2D eigenvalue weighted by molar-refractivity contribution is 5.96. The summed E-state index contributed by atoms with van der Waals surface area (Å²) >= 11 is 0. The first-order chi connectivity index (χ1) is 7.34. The summed E-state index contributed by atoms with van der Waals surface area (Å²) in [6, 6.07) is 0. The maximum Gasteiger partial charge on any atom is 0.172 e. The third-order valence-electron chi connectivity index (χ3n) is 2.86. The van der Waals surface area contributed by atoms with Crippen molar-refractivity contribution in [2.24, 2.45) is 0 Å². The fraction of sp³-hybridized carbons (Fsp3) is 0.769. The Bertz CT molecular complexity index is 221. The van der Waals surface area contributed by atoms with Gasteiger partial charge in [-0.25, -0.2) is 0 Å². The van der Waals surface area contributed by atoms with E-state index in [1.54, 1.807) is 0 Å². The minimum absolute atomic E-state index is 0.311. The van der Waals surface area contributed by atoms with E-state index >= 15 is 0 Å². The number of nitrogens with one attached hydrogen (secondary N) is 1. The number of hydrogen-bond acceptors (Lipinski definition) is 2. The second-order valence-corrected chi connectivity index (χ2v) is 4.28. The zero-order valence-corrected chi connectivity index (χ0v) is 9.85. The van der Waals surface area contributed by atoms with Gasteiger partial charge in [0.2, 0.25) is 0 Å².